The second-order valence-corrected chi connectivity index (χ2v) is 5.75. The van der Waals surface area contributed by atoms with Gasteiger partial charge >= 0.3 is 0 Å². The summed E-state index contributed by atoms with van der Waals surface area (Å²) in [4.78, 5) is 0. The maximum absolute atomic E-state index is 13.7. The Bertz CT molecular complexity index is 790. The third-order valence-corrected chi connectivity index (χ3v) is 3.79. The van der Waals surface area contributed by atoms with Gasteiger partial charge < -0.3 is 14.5 Å². The van der Waals surface area contributed by atoms with E-state index in [-0.39, 0.29) is 12.4 Å². The Kier molecular flexibility index (Phi) is 5.51. The minimum atomic E-state index is -0.274. The molecule has 0 radical (unpaired) electrons. The summed E-state index contributed by atoms with van der Waals surface area (Å²) < 4.78 is 24.8. The third-order valence-electron chi connectivity index (χ3n) is 3.56. The molecule has 0 aliphatic carbocycles. The molecule has 0 spiro atoms. The number of benzene rings is 2. The Morgan fingerprint density at radius 3 is 2.67 bits per heavy atom. The third kappa shape index (κ3) is 4.37. The highest BCUT2D eigenvalue weighted by Gasteiger charge is 2.08. The highest BCUT2D eigenvalue weighted by molar-refractivity contribution is 6.30. The number of ether oxygens (including phenoxy) is 1. The van der Waals surface area contributed by atoms with Gasteiger partial charge in [0.1, 0.15) is 23.9 Å². The van der Waals surface area contributed by atoms with Crippen molar-refractivity contribution >= 4 is 11.6 Å². The Hall–Kier alpha value is -2.30. The van der Waals surface area contributed by atoms with Crippen LogP contribution in [0.3, 0.4) is 0 Å². The minimum absolute atomic E-state index is 0.166. The van der Waals surface area contributed by atoms with Crippen molar-refractivity contribution in [3.8, 4) is 5.75 Å². The molecule has 3 rings (SSSR count). The largest absolute Gasteiger partial charge is 0.488 e. The molecule has 0 saturated heterocycles. The Balaban J connectivity index is 1.65. The van der Waals surface area contributed by atoms with Crippen LogP contribution in [0.1, 0.15) is 16.9 Å². The van der Waals surface area contributed by atoms with E-state index in [4.69, 9.17) is 20.8 Å². The zero-order valence-electron chi connectivity index (χ0n) is 13.0. The predicted molar refractivity (Wildman–Crippen MR) is 91.4 cm³/mol. The first-order valence-corrected chi connectivity index (χ1v) is 7.98. The molecule has 0 aliphatic rings. The Labute approximate surface area is 145 Å². The van der Waals surface area contributed by atoms with Gasteiger partial charge in [-0.05, 0) is 36.4 Å². The molecule has 0 saturated carbocycles. The van der Waals surface area contributed by atoms with Gasteiger partial charge in [0.2, 0.25) is 0 Å². The van der Waals surface area contributed by atoms with Crippen LogP contribution in [0.5, 0.6) is 5.75 Å². The van der Waals surface area contributed by atoms with E-state index in [1.165, 1.54) is 6.07 Å². The molecule has 1 aromatic heterocycles. The lowest BCUT2D eigenvalue weighted by Crippen LogP contribution is -2.13. The van der Waals surface area contributed by atoms with Crippen LogP contribution in [0.4, 0.5) is 4.39 Å². The molecule has 2 aromatic carbocycles. The number of rotatable bonds is 7. The van der Waals surface area contributed by atoms with Crippen LogP contribution in [0.2, 0.25) is 5.02 Å². The van der Waals surface area contributed by atoms with Crippen molar-refractivity contribution in [2.24, 2.45) is 0 Å². The lowest BCUT2D eigenvalue weighted by atomic mass is 10.2. The molecule has 0 aliphatic heterocycles. The summed E-state index contributed by atoms with van der Waals surface area (Å²) in [6.07, 6.45) is 1.64. The van der Waals surface area contributed by atoms with Crippen LogP contribution in [-0.2, 0) is 19.7 Å². The molecule has 24 heavy (non-hydrogen) atoms. The first-order valence-electron chi connectivity index (χ1n) is 7.60. The highest BCUT2D eigenvalue weighted by Crippen LogP contribution is 2.24. The quantitative estimate of drug-likeness (QED) is 0.658. The SMILES string of the molecule is Fc1ccccc1COc1ccc(Cl)cc1CNCc1ccco1. The topological polar surface area (TPSA) is 34.4 Å². The number of hydrogen-bond donors (Lipinski definition) is 1. The van der Waals surface area contributed by atoms with E-state index in [9.17, 15) is 4.39 Å². The maximum atomic E-state index is 13.7. The van der Waals surface area contributed by atoms with Gasteiger partial charge in [-0.15, -0.1) is 0 Å². The van der Waals surface area contributed by atoms with Gasteiger partial charge in [-0.1, -0.05) is 29.8 Å². The van der Waals surface area contributed by atoms with E-state index in [1.807, 2.05) is 18.2 Å². The number of hydrogen-bond acceptors (Lipinski definition) is 3. The summed E-state index contributed by atoms with van der Waals surface area (Å²) in [6.45, 7) is 1.33. The first kappa shape index (κ1) is 16.6. The zero-order valence-corrected chi connectivity index (χ0v) is 13.7. The van der Waals surface area contributed by atoms with Crippen molar-refractivity contribution in [2.45, 2.75) is 19.7 Å². The zero-order chi connectivity index (χ0) is 16.8. The van der Waals surface area contributed by atoms with Crippen molar-refractivity contribution in [3.05, 3.63) is 88.6 Å². The van der Waals surface area contributed by atoms with Crippen LogP contribution in [0.15, 0.2) is 65.3 Å². The van der Waals surface area contributed by atoms with Crippen molar-refractivity contribution in [1.29, 1.82) is 0 Å². The standard InChI is InChI=1S/C19H17ClFNO2/c20-16-7-8-19(24-13-14-4-1-2-6-18(14)21)15(10-16)11-22-12-17-5-3-9-23-17/h1-10,22H,11-13H2. The van der Waals surface area contributed by atoms with Crippen molar-refractivity contribution in [2.75, 3.05) is 0 Å². The summed E-state index contributed by atoms with van der Waals surface area (Å²) in [5.74, 6) is 1.25. The molecule has 1 N–H and O–H groups in total. The number of halogens is 2. The van der Waals surface area contributed by atoms with Crippen LogP contribution in [0.25, 0.3) is 0 Å². The maximum Gasteiger partial charge on any atom is 0.129 e. The molecular formula is C19H17ClFNO2. The van der Waals surface area contributed by atoms with Crippen molar-refractivity contribution in [1.82, 2.24) is 5.32 Å². The van der Waals surface area contributed by atoms with Gasteiger partial charge in [-0.25, -0.2) is 4.39 Å². The lowest BCUT2D eigenvalue weighted by Gasteiger charge is -2.13. The van der Waals surface area contributed by atoms with Crippen LogP contribution in [0, 0.1) is 5.82 Å². The van der Waals surface area contributed by atoms with E-state index in [0.29, 0.717) is 29.4 Å². The predicted octanol–water partition coefficient (Wildman–Crippen LogP) is 4.94. The summed E-state index contributed by atoms with van der Waals surface area (Å²) in [6, 6.07) is 15.7. The average Bonchev–Trinajstić information content (AvgIpc) is 3.09. The Morgan fingerprint density at radius 2 is 1.88 bits per heavy atom. The van der Waals surface area contributed by atoms with Crippen LogP contribution in [-0.4, -0.2) is 0 Å². The molecule has 3 nitrogen and oxygen atoms in total. The molecule has 0 bridgehead atoms. The van der Waals surface area contributed by atoms with E-state index in [2.05, 4.69) is 5.32 Å². The van der Waals surface area contributed by atoms with Crippen LogP contribution >= 0.6 is 11.6 Å². The first-order chi connectivity index (χ1) is 11.7. The number of furan rings is 1. The summed E-state index contributed by atoms with van der Waals surface area (Å²) in [7, 11) is 0. The van der Waals surface area contributed by atoms with Crippen molar-refractivity contribution < 1.29 is 13.5 Å². The van der Waals surface area contributed by atoms with Gasteiger partial charge in [0, 0.05) is 22.7 Å². The van der Waals surface area contributed by atoms with E-state index in [1.54, 1.807) is 36.6 Å². The summed E-state index contributed by atoms with van der Waals surface area (Å²) >= 11 is 6.08. The molecule has 0 unspecified atom stereocenters. The fraction of sp³-hybridized carbons (Fsp3) is 0.158. The van der Waals surface area contributed by atoms with Crippen molar-refractivity contribution in [3.63, 3.8) is 0 Å². The summed E-state index contributed by atoms with van der Waals surface area (Å²) in [5.41, 5.74) is 1.42. The fourth-order valence-electron chi connectivity index (χ4n) is 2.33. The second kappa shape index (κ2) is 7.99. The smallest absolute Gasteiger partial charge is 0.129 e. The molecule has 0 fully saturated rings. The lowest BCUT2D eigenvalue weighted by molar-refractivity contribution is 0.296. The molecule has 1 heterocycles. The van der Waals surface area contributed by atoms with Gasteiger partial charge in [0.05, 0.1) is 12.8 Å². The second-order valence-electron chi connectivity index (χ2n) is 5.32. The minimum Gasteiger partial charge on any atom is -0.488 e. The van der Waals surface area contributed by atoms with E-state index in [0.717, 1.165) is 11.3 Å². The van der Waals surface area contributed by atoms with E-state index >= 15 is 0 Å². The normalized spacial score (nSPS) is 10.8. The Morgan fingerprint density at radius 1 is 1.00 bits per heavy atom. The van der Waals surface area contributed by atoms with Gasteiger partial charge in [-0.2, -0.15) is 0 Å². The van der Waals surface area contributed by atoms with Gasteiger partial charge in [-0.3, -0.25) is 0 Å². The average molecular weight is 346 g/mol. The number of nitrogens with one attached hydrogen (secondary N) is 1. The van der Waals surface area contributed by atoms with Gasteiger partial charge in [0.15, 0.2) is 0 Å². The fourth-order valence-corrected chi connectivity index (χ4v) is 2.53. The van der Waals surface area contributed by atoms with Crippen LogP contribution < -0.4 is 10.1 Å². The molecule has 124 valence electrons. The van der Waals surface area contributed by atoms with Gasteiger partial charge in [0.25, 0.3) is 0 Å². The molecule has 0 atom stereocenters. The highest BCUT2D eigenvalue weighted by atomic mass is 35.5. The molecular weight excluding hydrogens is 329 g/mol. The molecule has 0 amide bonds. The summed E-state index contributed by atoms with van der Waals surface area (Å²) in [5, 5.41) is 3.90. The monoisotopic (exact) mass is 345 g/mol. The molecule has 5 heteroatoms. The van der Waals surface area contributed by atoms with E-state index < -0.39 is 0 Å². The molecule has 3 aromatic rings.